The van der Waals surface area contributed by atoms with Crippen molar-refractivity contribution in [3.05, 3.63) is 0 Å². The molecule has 0 bridgehead atoms. The van der Waals surface area contributed by atoms with Gasteiger partial charge in [0.05, 0.1) is 12.7 Å². The lowest BCUT2D eigenvalue weighted by Gasteiger charge is -2.34. The monoisotopic (exact) mass is 256 g/mol. The van der Waals surface area contributed by atoms with Crippen LogP contribution in [0.4, 0.5) is 0 Å². The van der Waals surface area contributed by atoms with E-state index in [1.807, 2.05) is 11.8 Å². The van der Waals surface area contributed by atoms with Gasteiger partial charge >= 0.3 is 0 Å². The molecule has 2 aliphatic rings. The fourth-order valence-corrected chi connectivity index (χ4v) is 4.11. The minimum atomic E-state index is 0.278. The van der Waals surface area contributed by atoms with E-state index >= 15 is 0 Å². The number of thioether (sulfide) groups is 1. The van der Waals surface area contributed by atoms with Gasteiger partial charge in [0.2, 0.25) is 5.91 Å². The highest BCUT2D eigenvalue weighted by atomic mass is 32.2. The van der Waals surface area contributed by atoms with E-state index in [9.17, 15) is 4.79 Å². The Morgan fingerprint density at radius 3 is 2.88 bits per heavy atom. The van der Waals surface area contributed by atoms with E-state index in [1.165, 1.54) is 19.3 Å². The molecule has 1 heterocycles. The van der Waals surface area contributed by atoms with E-state index in [1.54, 1.807) is 0 Å². The fraction of sp³-hybridized carbons (Fsp3) is 0.923. The Bertz CT molecular complexity index is 283. The summed E-state index contributed by atoms with van der Waals surface area (Å²) in [4.78, 5) is 14.2. The van der Waals surface area contributed by atoms with Gasteiger partial charge in [-0.2, -0.15) is 11.8 Å². The maximum atomic E-state index is 12.1. The Morgan fingerprint density at radius 2 is 2.24 bits per heavy atom. The molecule has 0 aromatic carbocycles. The maximum Gasteiger partial charge on any atom is 0.238 e. The molecule has 98 valence electrons. The van der Waals surface area contributed by atoms with E-state index in [0.29, 0.717) is 29.7 Å². The van der Waals surface area contributed by atoms with Crippen molar-refractivity contribution in [1.82, 2.24) is 10.2 Å². The Morgan fingerprint density at radius 1 is 1.47 bits per heavy atom. The second kappa shape index (κ2) is 5.61. The summed E-state index contributed by atoms with van der Waals surface area (Å²) in [6.45, 7) is 4.99. The summed E-state index contributed by atoms with van der Waals surface area (Å²) in [6.07, 6.45) is 7.25. The molecule has 0 aromatic heterocycles. The summed E-state index contributed by atoms with van der Waals surface area (Å²) in [7, 11) is 0. The SMILES string of the molecule is CSC1CCCC1N1C(=O)CNC1CC(C)C. The summed E-state index contributed by atoms with van der Waals surface area (Å²) >= 11 is 1.93. The molecule has 3 atom stereocenters. The van der Waals surface area contributed by atoms with Crippen LogP contribution in [-0.2, 0) is 4.79 Å². The zero-order valence-corrected chi connectivity index (χ0v) is 11.9. The molecular weight excluding hydrogens is 232 g/mol. The smallest absolute Gasteiger partial charge is 0.238 e. The highest BCUT2D eigenvalue weighted by Crippen LogP contribution is 2.34. The third kappa shape index (κ3) is 2.79. The van der Waals surface area contributed by atoms with Crippen LogP contribution in [0.25, 0.3) is 0 Å². The summed E-state index contributed by atoms with van der Waals surface area (Å²) in [5, 5.41) is 4.02. The Labute approximate surface area is 109 Å². The van der Waals surface area contributed by atoms with Gasteiger partial charge in [-0.15, -0.1) is 0 Å². The number of hydrogen-bond acceptors (Lipinski definition) is 3. The molecule has 1 aliphatic carbocycles. The van der Waals surface area contributed by atoms with Gasteiger partial charge in [-0.25, -0.2) is 0 Å². The first-order valence-electron chi connectivity index (χ1n) is 6.70. The number of rotatable bonds is 4. The predicted molar refractivity (Wildman–Crippen MR) is 73.0 cm³/mol. The lowest BCUT2D eigenvalue weighted by molar-refractivity contribution is -0.130. The van der Waals surface area contributed by atoms with Crippen LogP contribution in [0.3, 0.4) is 0 Å². The first kappa shape index (κ1) is 13.2. The van der Waals surface area contributed by atoms with Gasteiger partial charge in [0.25, 0.3) is 0 Å². The number of carbonyl (C=O) groups is 1. The highest BCUT2D eigenvalue weighted by Gasteiger charge is 2.41. The van der Waals surface area contributed by atoms with Crippen LogP contribution >= 0.6 is 11.8 Å². The molecule has 1 amide bonds. The zero-order chi connectivity index (χ0) is 12.4. The van der Waals surface area contributed by atoms with Crippen molar-refractivity contribution < 1.29 is 4.79 Å². The van der Waals surface area contributed by atoms with Crippen molar-refractivity contribution in [3.8, 4) is 0 Å². The molecule has 1 aliphatic heterocycles. The van der Waals surface area contributed by atoms with E-state index in [-0.39, 0.29) is 6.17 Å². The third-order valence-corrected chi connectivity index (χ3v) is 5.04. The first-order valence-corrected chi connectivity index (χ1v) is 7.99. The zero-order valence-electron chi connectivity index (χ0n) is 11.1. The van der Waals surface area contributed by atoms with Crippen LogP contribution in [-0.4, -0.2) is 41.1 Å². The molecular formula is C13H24N2OS. The molecule has 4 heteroatoms. The van der Waals surface area contributed by atoms with Crippen LogP contribution in [0.2, 0.25) is 0 Å². The summed E-state index contributed by atoms with van der Waals surface area (Å²) in [5.74, 6) is 0.941. The van der Waals surface area contributed by atoms with E-state index in [0.717, 1.165) is 6.42 Å². The number of nitrogens with zero attached hydrogens (tertiary/aromatic N) is 1. The highest BCUT2D eigenvalue weighted by molar-refractivity contribution is 7.99. The van der Waals surface area contributed by atoms with Crippen molar-refractivity contribution in [2.24, 2.45) is 5.92 Å². The second-order valence-electron chi connectivity index (χ2n) is 5.60. The van der Waals surface area contributed by atoms with Gasteiger partial charge in [0.15, 0.2) is 0 Å². The van der Waals surface area contributed by atoms with Gasteiger partial charge in [-0.05, 0) is 31.4 Å². The molecule has 0 spiro atoms. The van der Waals surface area contributed by atoms with Crippen molar-refractivity contribution in [2.45, 2.75) is 57.0 Å². The topological polar surface area (TPSA) is 32.3 Å². The molecule has 2 rings (SSSR count). The number of carbonyl (C=O) groups excluding carboxylic acids is 1. The summed E-state index contributed by atoms with van der Waals surface area (Å²) < 4.78 is 0. The summed E-state index contributed by atoms with van der Waals surface area (Å²) in [5.41, 5.74) is 0. The Kier molecular flexibility index (Phi) is 4.36. The van der Waals surface area contributed by atoms with Gasteiger partial charge in [0, 0.05) is 11.3 Å². The third-order valence-electron chi connectivity index (χ3n) is 3.89. The van der Waals surface area contributed by atoms with Crippen LogP contribution in [0.5, 0.6) is 0 Å². The van der Waals surface area contributed by atoms with Crippen LogP contribution in [0, 0.1) is 5.92 Å². The average molecular weight is 256 g/mol. The summed E-state index contributed by atoms with van der Waals surface area (Å²) in [6, 6.07) is 0.469. The van der Waals surface area contributed by atoms with E-state index < -0.39 is 0 Å². The molecule has 17 heavy (non-hydrogen) atoms. The lowest BCUT2D eigenvalue weighted by Crippen LogP contribution is -2.47. The van der Waals surface area contributed by atoms with Gasteiger partial charge in [-0.3, -0.25) is 10.1 Å². The first-order chi connectivity index (χ1) is 8.13. The molecule has 1 N–H and O–H groups in total. The fourth-order valence-electron chi connectivity index (χ4n) is 3.13. The quantitative estimate of drug-likeness (QED) is 0.836. The van der Waals surface area contributed by atoms with Crippen LogP contribution < -0.4 is 5.32 Å². The van der Waals surface area contributed by atoms with Crippen molar-refractivity contribution in [1.29, 1.82) is 0 Å². The maximum absolute atomic E-state index is 12.1. The average Bonchev–Trinajstić information content (AvgIpc) is 2.84. The molecule has 1 saturated carbocycles. The molecule has 1 saturated heterocycles. The lowest BCUT2D eigenvalue weighted by atomic mass is 10.1. The molecule has 2 fully saturated rings. The molecule has 3 unspecified atom stereocenters. The predicted octanol–water partition coefficient (Wildman–Crippen LogP) is 2.07. The largest absolute Gasteiger partial charge is 0.322 e. The minimum absolute atomic E-state index is 0.278. The van der Waals surface area contributed by atoms with Crippen molar-refractivity contribution >= 4 is 17.7 Å². The second-order valence-corrected chi connectivity index (χ2v) is 6.68. The minimum Gasteiger partial charge on any atom is -0.322 e. The Balaban J connectivity index is 2.07. The van der Waals surface area contributed by atoms with Gasteiger partial charge < -0.3 is 4.90 Å². The molecule has 0 aromatic rings. The molecule has 0 radical (unpaired) electrons. The standard InChI is InChI=1S/C13H24N2OS/c1-9(2)7-12-14-8-13(16)15(12)10-5-4-6-11(10)17-3/h9-12,14H,4-8H2,1-3H3. The Hall–Kier alpha value is -0.220. The van der Waals surface area contributed by atoms with Crippen LogP contribution in [0.1, 0.15) is 39.5 Å². The molecule has 3 nitrogen and oxygen atoms in total. The van der Waals surface area contributed by atoms with Gasteiger partial charge in [0.1, 0.15) is 0 Å². The number of amides is 1. The van der Waals surface area contributed by atoms with Crippen LogP contribution in [0.15, 0.2) is 0 Å². The number of hydrogen-bond donors (Lipinski definition) is 1. The van der Waals surface area contributed by atoms with E-state index in [4.69, 9.17) is 0 Å². The normalized spacial score (nSPS) is 34.0. The van der Waals surface area contributed by atoms with Crippen molar-refractivity contribution in [3.63, 3.8) is 0 Å². The number of nitrogens with one attached hydrogen (secondary N) is 1. The van der Waals surface area contributed by atoms with Gasteiger partial charge in [-0.1, -0.05) is 20.3 Å². The van der Waals surface area contributed by atoms with E-state index in [2.05, 4.69) is 30.3 Å². The van der Waals surface area contributed by atoms with Crippen molar-refractivity contribution in [2.75, 3.05) is 12.8 Å².